The number of halogens is 2. The summed E-state index contributed by atoms with van der Waals surface area (Å²) in [5.41, 5.74) is 0.897. The summed E-state index contributed by atoms with van der Waals surface area (Å²) in [6.07, 6.45) is 0.346. The van der Waals surface area contributed by atoms with Crippen LogP contribution in [0.2, 0.25) is 5.02 Å². The highest BCUT2D eigenvalue weighted by molar-refractivity contribution is 6.31. The molecule has 11 heteroatoms. The summed E-state index contributed by atoms with van der Waals surface area (Å²) in [5.74, 6) is -3.43. The molecule has 178 valence electrons. The Hall–Kier alpha value is -3.50. The maximum absolute atomic E-state index is 13.7. The SMILES string of the molecule is O=C([O-])COCC(=O)N1CC[C@@H]2[C@H]1C(=O)N(c1ccc(F)c(Cl)c1)C(=O)N2Cc1ccccc1. The Morgan fingerprint density at radius 3 is 2.53 bits per heavy atom. The van der Waals surface area contributed by atoms with E-state index in [0.717, 1.165) is 16.5 Å². The molecule has 0 saturated carbocycles. The minimum atomic E-state index is -1.47. The van der Waals surface area contributed by atoms with Crippen molar-refractivity contribution < 1.29 is 33.4 Å². The smallest absolute Gasteiger partial charge is 0.332 e. The van der Waals surface area contributed by atoms with Crippen LogP contribution in [0.15, 0.2) is 48.5 Å². The summed E-state index contributed by atoms with van der Waals surface area (Å²) < 4.78 is 18.6. The second-order valence-corrected chi connectivity index (χ2v) is 8.33. The number of benzene rings is 2. The van der Waals surface area contributed by atoms with E-state index in [2.05, 4.69) is 0 Å². The van der Waals surface area contributed by atoms with Gasteiger partial charge in [0.15, 0.2) is 0 Å². The number of nitrogens with zero attached hydrogens (tertiary/aromatic N) is 3. The summed E-state index contributed by atoms with van der Waals surface area (Å²) >= 11 is 5.90. The molecule has 0 N–H and O–H groups in total. The molecule has 4 rings (SSSR count). The summed E-state index contributed by atoms with van der Waals surface area (Å²) in [6.45, 7) is -0.964. The van der Waals surface area contributed by atoms with Crippen molar-refractivity contribution in [2.75, 3.05) is 24.7 Å². The molecule has 0 bridgehead atoms. The number of rotatable bonds is 7. The predicted octanol–water partition coefficient (Wildman–Crippen LogP) is 1.18. The van der Waals surface area contributed by atoms with Gasteiger partial charge in [-0.15, -0.1) is 0 Å². The maximum atomic E-state index is 13.7. The van der Waals surface area contributed by atoms with Crippen LogP contribution in [-0.2, 0) is 25.7 Å². The minimum Gasteiger partial charge on any atom is -0.548 e. The third-order valence-corrected chi connectivity index (χ3v) is 6.09. The first-order chi connectivity index (χ1) is 16.3. The van der Waals surface area contributed by atoms with Crippen molar-refractivity contribution in [3.05, 3.63) is 64.9 Å². The molecule has 0 spiro atoms. The lowest BCUT2D eigenvalue weighted by Crippen LogP contribution is -2.66. The van der Waals surface area contributed by atoms with E-state index in [1.54, 1.807) is 0 Å². The summed E-state index contributed by atoms with van der Waals surface area (Å²) in [7, 11) is 0. The van der Waals surface area contributed by atoms with Crippen LogP contribution in [0.25, 0.3) is 0 Å². The lowest BCUT2D eigenvalue weighted by Gasteiger charge is -2.43. The van der Waals surface area contributed by atoms with Crippen molar-refractivity contribution in [2.45, 2.75) is 25.0 Å². The van der Waals surface area contributed by atoms with Crippen molar-refractivity contribution >= 4 is 41.1 Å². The number of imide groups is 1. The van der Waals surface area contributed by atoms with Crippen molar-refractivity contribution in [3.63, 3.8) is 0 Å². The number of aliphatic carboxylic acids is 1. The van der Waals surface area contributed by atoms with E-state index in [4.69, 9.17) is 16.3 Å². The molecule has 2 saturated heterocycles. The molecule has 0 aromatic heterocycles. The molecule has 0 radical (unpaired) electrons. The van der Waals surface area contributed by atoms with E-state index in [9.17, 15) is 28.7 Å². The van der Waals surface area contributed by atoms with Crippen LogP contribution < -0.4 is 10.0 Å². The summed E-state index contributed by atoms with van der Waals surface area (Å²) in [5, 5.41) is 10.3. The van der Waals surface area contributed by atoms with Crippen LogP contribution in [0.1, 0.15) is 12.0 Å². The Balaban J connectivity index is 1.67. The van der Waals surface area contributed by atoms with Gasteiger partial charge < -0.3 is 24.4 Å². The quantitative estimate of drug-likeness (QED) is 0.579. The maximum Gasteiger partial charge on any atom is 0.332 e. The monoisotopic (exact) mass is 488 g/mol. The molecule has 2 heterocycles. The normalized spacial score (nSPS) is 20.0. The third-order valence-electron chi connectivity index (χ3n) is 5.80. The molecular formula is C23H20ClFN3O6-. The highest BCUT2D eigenvalue weighted by Crippen LogP contribution is 2.35. The number of carbonyl (C=O) groups excluding carboxylic acids is 4. The van der Waals surface area contributed by atoms with Crippen molar-refractivity contribution in [1.29, 1.82) is 0 Å². The average molecular weight is 489 g/mol. The van der Waals surface area contributed by atoms with Crippen molar-refractivity contribution in [2.24, 2.45) is 0 Å². The topological polar surface area (TPSA) is 110 Å². The fraction of sp³-hybridized carbons (Fsp3) is 0.304. The zero-order valence-electron chi connectivity index (χ0n) is 17.9. The largest absolute Gasteiger partial charge is 0.548 e. The fourth-order valence-electron chi connectivity index (χ4n) is 4.31. The fourth-order valence-corrected chi connectivity index (χ4v) is 4.48. The number of urea groups is 1. The van der Waals surface area contributed by atoms with Gasteiger partial charge in [0.1, 0.15) is 18.5 Å². The van der Waals surface area contributed by atoms with Crippen LogP contribution in [-0.4, -0.2) is 65.5 Å². The molecule has 0 unspecified atom stereocenters. The lowest BCUT2D eigenvalue weighted by molar-refractivity contribution is -0.309. The number of hydrogen-bond acceptors (Lipinski definition) is 6. The Morgan fingerprint density at radius 1 is 1.12 bits per heavy atom. The van der Waals surface area contributed by atoms with Crippen LogP contribution >= 0.6 is 11.6 Å². The van der Waals surface area contributed by atoms with E-state index in [1.165, 1.54) is 21.9 Å². The van der Waals surface area contributed by atoms with Gasteiger partial charge in [0.25, 0.3) is 5.91 Å². The van der Waals surface area contributed by atoms with Crippen molar-refractivity contribution in [3.8, 4) is 0 Å². The zero-order valence-corrected chi connectivity index (χ0v) is 18.6. The molecule has 2 aliphatic rings. The Labute approximate surface area is 199 Å². The Morgan fingerprint density at radius 2 is 1.85 bits per heavy atom. The van der Waals surface area contributed by atoms with Gasteiger partial charge in [-0.3, -0.25) is 9.59 Å². The van der Waals surface area contributed by atoms with E-state index >= 15 is 0 Å². The number of carboxylic acid groups (broad SMARTS) is 1. The van der Waals surface area contributed by atoms with E-state index in [0.29, 0.717) is 6.42 Å². The molecule has 2 atom stereocenters. The average Bonchev–Trinajstić information content (AvgIpc) is 3.25. The van der Waals surface area contributed by atoms with E-state index in [-0.39, 0.29) is 23.8 Å². The van der Waals surface area contributed by atoms with Gasteiger partial charge in [-0.25, -0.2) is 14.1 Å². The summed E-state index contributed by atoms with van der Waals surface area (Å²) in [4.78, 5) is 54.0. The summed E-state index contributed by atoms with van der Waals surface area (Å²) in [6, 6.07) is 10.4. The number of anilines is 1. The van der Waals surface area contributed by atoms with Gasteiger partial charge in [-0.1, -0.05) is 41.9 Å². The van der Waals surface area contributed by atoms with E-state index < -0.39 is 54.9 Å². The third kappa shape index (κ3) is 4.59. The first kappa shape index (κ1) is 23.7. The van der Waals surface area contributed by atoms with Crippen LogP contribution in [0.4, 0.5) is 14.9 Å². The van der Waals surface area contributed by atoms with Gasteiger partial charge in [0.05, 0.1) is 29.3 Å². The lowest BCUT2D eigenvalue weighted by atomic mass is 10.0. The number of carbonyl (C=O) groups is 4. The molecule has 4 amide bonds. The van der Waals surface area contributed by atoms with Gasteiger partial charge in [0.2, 0.25) is 5.91 Å². The second-order valence-electron chi connectivity index (χ2n) is 7.92. The molecule has 34 heavy (non-hydrogen) atoms. The molecule has 2 aliphatic heterocycles. The van der Waals surface area contributed by atoms with Gasteiger partial charge in [-0.05, 0) is 30.2 Å². The minimum absolute atomic E-state index is 0.0745. The van der Waals surface area contributed by atoms with Crippen LogP contribution in [0, 0.1) is 5.82 Å². The first-order valence-corrected chi connectivity index (χ1v) is 10.9. The molecule has 2 aromatic rings. The standard InChI is InChI=1S/C23H21ClFN3O6/c24-16-10-15(6-7-17(16)25)28-22(32)21-18(8-9-26(21)19(29)12-34-13-20(30)31)27(23(28)33)11-14-4-2-1-3-5-14/h1-7,10,18,21H,8-9,11-13H2,(H,30,31)/p-1/t18-,21+/m1/s1. The number of carboxylic acids is 1. The highest BCUT2D eigenvalue weighted by atomic mass is 35.5. The van der Waals surface area contributed by atoms with Gasteiger partial charge in [0, 0.05) is 13.1 Å². The molecule has 2 fully saturated rings. The predicted molar refractivity (Wildman–Crippen MR) is 116 cm³/mol. The molecule has 0 aliphatic carbocycles. The number of likely N-dealkylation sites (tertiary alicyclic amines) is 1. The number of hydrogen-bond donors (Lipinski definition) is 0. The number of fused-ring (bicyclic) bond motifs is 1. The van der Waals surface area contributed by atoms with Crippen LogP contribution in [0.3, 0.4) is 0 Å². The van der Waals surface area contributed by atoms with Crippen LogP contribution in [0.5, 0.6) is 0 Å². The van der Waals surface area contributed by atoms with E-state index in [1.807, 2.05) is 30.3 Å². The second kappa shape index (κ2) is 9.78. The Kier molecular flexibility index (Phi) is 6.80. The van der Waals surface area contributed by atoms with Gasteiger partial charge in [-0.2, -0.15) is 0 Å². The Bertz CT molecular complexity index is 1130. The first-order valence-electron chi connectivity index (χ1n) is 10.5. The number of amides is 4. The molecule has 2 aromatic carbocycles. The van der Waals surface area contributed by atoms with Crippen molar-refractivity contribution in [1.82, 2.24) is 9.80 Å². The highest BCUT2D eigenvalue weighted by Gasteiger charge is 2.53. The number of ether oxygens (including phenoxy) is 1. The van der Waals surface area contributed by atoms with Gasteiger partial charge >= 0.3 is 6.03 Å². The molecule has 9 nitrogen and oxygen atoms in total. The molecular weight excluding hydrogens is 469 g/mol. The zero-order chi connectivity index (χ0) is 24.4.